The van der Waals surface area contributed by atoms with Crippen molar-refractivity contribution in [1.29, 1.82) is 0 Å². The standard InChI is InChI=1S/C22H25F2N3O4S/c23-22(24)31-20-5-2-1-4-16(20)15-27-19-14-17(32(28,29)25-10-12-30-13-11-25)7-8-18(19)26-9-3-6-21(26)27/h1-2,4-5,7-8,14,21-22H,3,6,9-13,15H2. The molecule has 3 aliphatic heterocycles. The van der Waals surface area contributed by atoms with E-state index < -0.39 is 16.6 Å². The number of halogens is 2. The molecule has 10 heteroatoms. The van der Waals surface area contributed by atoms with Crippen LogP contribution in [0.15, 0.2) is 47.4 Å². The van der Waals surface area contributed by atoms with Crippen LogP contribution in [0.25, 0.3) is 0 Å². The lowest BCUT2D eigenvalue weighted by Gasteiger charge is -2.28. The van der Waals surface area contributed by atoms with Crippen molar-refractivity contribution in [2.45, 2.75) is 37.1 Å². The van der Waals surface area contributed by atoms with Gasteiger partial charge in [-0.25, -0.2) is 8.42 Å². The highest BCUT2D eigenvalue weighted by atomic mass is 32.2. The van der Waals surface area contributed by atoms with Crippen molar-refractivity contribution >= 4 is 21.4 Å². The molecular weight excluding hydrogens is 440 g/mol. The molecule has 172 valence electrons. The Morgan fingerprint density at radius 2 is 1.84 bits per heavy atom. The summed E-state index contributed by atoms with van der Waals surface area (Å²) in [4.78, 5) is 4.60. The summed E-state index contributed by atoms with van der Waals surface area (Å²) in [6.45, 7) is -0.265. The minimum Gasteiger partial charge on any atom is -0.434 e. The van der Waals surface area contributed by atoms with E-state index in [2.05, 4.69) is 9.80 Å². The van der Waals surface area contributed by atoms with E-state index in [1.807, 2.05) is 6.07 Å². The third-order valence-corrected chi connectivity index (χ3v) is 8.18. The lowest BCUT2D eigenvalue weighted by Crippen LogP contribution is -2.40. The van der Waals surface area contributed by atoms with E-state index in [9.17, 15) is 17.2 Å². The maximum atomic E-state index is 13.2. The Hall–Kier alpha value is -2.43. The van der Waals surface area contributed by atoms with Crippen LogP contribution in [-0.2, 0) is 21.3 Å². The lowest BCUT2D eigenvalue weighted by molar-refractivity contribution is -0.0504. The fourth-order valence-corrected chi connectivity index (χ4v) is 6.24. The molecule has 32 heavy (non-hydrogen) atoms. The molecule has 3 heterocycles. The van der Waals surface area contributed by atoms with E-state index in [-0.39, 0.29) is 16.8 Å². The highest BCUT2D eigenvalue weighted by Gasteiger charge is 2.40. The van der Waals surface area contributed by atoms with Gasteiger partial charge in [0.25, 0.3) is 0 Å². The summed E-state index contributed by atoms with van der Waals surface area (Å²) in [5, 5.41) is 0. The van der Waals surface area contributed by atoms with E-state index in [0.29, 0.717) is 38.4 Å². The van der Waals surface area contributed by atoms with Crippen LogP contribution in [0, 0.1) is 0 Å². The minimum absolute atomic E-state index is 0.0611. The van der Waals surface area contributed by atoms with Gasteiger partial charge >= 0.3 is 6.61 Å². The molecule has 0 saturated carbocycles. The average molecular weight is 466 g/mol. The Morgan fingerprint density at radius 1 is 1.06 bits per heavy atom. The molecule has 0 radical (unpaired) electrons. The molecule has 5 rings (SSSR count). The second kappa shape index (κ2) is 8.49. The van der Waals surface area contributed by atoms with Crippen molar-refractivity contribution in [3.8, 4) is 5.75 Å². The molecule has 2 aromatic rings. The van der Waals surface area contributed by atoms with Gasteiger partial charge in [-0.1, -0.05) is 18.2 Å². The van der Waals surface area contributed by atoms with Crippen molar-refractivity contribution in [3.63, 3.8) is 0 Å². The van der Waals surface area contributed by atoms with Crippen LogP contribution in [0.3, 0.4) is 0 Å². The van der Waals surface area contributed by atoms with Crippen LogP contribution in [-0.4, -0.2) is 58.3 Å². The zero-order chi connectivity index (χ0) is 22.3. The molecule has 0 spiro atoms. The quantitative estimate of drug-likeness (QED) is 0.653. The van der Waals surface area contributed by atoms with Gasteiger partial charge in [0, 0.05) is 31.7 Å². The molecule has 1 unspecified atom stereocenters. The average Bonchev–Trinajstić information content (AvgIpc) is 3.37. The molecule has 2 fully saturated rings. The van der Waals surface area contributed by atoms with Crippen LogP contribution < -0.4 is 14.5 Å². The largest absolute Gasteiger partial charge is 0.434 e. The lowest BCUT2D eigenvalue weighted by atomic mass is 10.1. The maximum Gasteiger partial charge on any atom is 0.387 e. The predicted octanol–water partition coefficient (Wildman–Crippen LogP) is 3.26. The molecule has 0 aromatic heterocycles. The van der Waals surface area contributed by atoms with Crippen molar-refractivity contribution in [3.05, 3.63) is 48.0 Å². The van der Waals surface area contributed by atoms with E-state index in [1.54, 1.807) is 30.3 Å². The number of hydrogen-bond acceptors (Lipinski definition) is 6. The van der Waals surface area contributed by atoms with Gasteiger partial charge in [0.05, 0.1) is 29.5 Å². The van der Waals surface area contributed by atoms with Gasteiger partial charge in [-0.2, -0.15) is 13.1 Å². The molecule has 0 aliphatic carbocycles. The van der Waals surface area contributed by atoms with Crippen LogP contribution in [0.2, 0.25) is 0 Å². The zero-order valence-corrected chi connectivity index (χ0v) is 18.3. The van der Waals surface area contributed by atoms with Crippen molar-refractivity contribution in [1.82, 2.24) is 4.31 Å². The first-order chi connectivity index (χ1) is 15.4. The fraction of sp³-hybridized carbons (Fsp3) is 0.455. The van der Waals surface area contributed by atoms with Crippen LogP contribution >= 0.6 is 0 Å². The predicted molar refractivity (Wildman–Crippen MR) is 116 cm³/mol. The Balaban J connectivity index is 1.50. The number of nitrogens with zero attached hydrogens (tertiary/aromatic N) is 3. The van der Waals surface area contributed by atoms with Crippen LogP contribution in [0.4, 0.5) is 20.2 Å². The molecular formula is C22H25F2N3O4S. The first-order valence-corrected chi connectivity index (χ1v) is 12.2. The fourth-order valence-electron chi connectivity index (χ4n) is 4.81. The molecule has 2 aromatic carbocycles. The van der Waals surface area contributed by atoms with Crippen molar-refractivity contribution in [2.24, 2.45) is 0 Å². The normalized spacial score (nSPS) is 21.2. The first kappa shape index (κ1) is 21.4. The summed E-state index contributed by atoms with van der Waals surface area (Å²) in [6.07, 6.45) is 1.99. The zero-order valence-electron chi connectivity index (χ0n) is 17.5. The molecule has 1 atom stereocenters. The number of morpholine rings is 1. The molecule has 2 saturated heterocycles. The summed E-state index contributed by atoms with van der Waals surface area (Å²) < 4.78 is 63.7. The van der Waals surface area contributed by atoms with Gasteiger partial charge < -0.3 is 19.3 Å². The SMILES string of the molecule is O=S(=O)(c1ccc2c(c1)N(Cc1ccccc1OC(F)F)C1CCCN21)N1CCOCC1. The van der Waals surface area contributed by atoms with Gasteiger partial charge in [-0.05, 0) is 37.1 Å². The van der Waals surface area contributed by atoms with Gasteiger partial charge in [-0.3, -0.25) is 0 Å². The first-order valence-electron chi connectivity index (χ1n) is 10.7. The summed E-state index contributed by atoms with van der Waals surface area (Å²) in [5.41, 5.74) is 2.41. The Morgan fingerprint density at radius 3 is 2.62 bits per heavy atom. The number of para-hydroxylation sites is 1. The van der Waals surface area contributed by atoms with Crippen LogP contribution in [0.1, 0.15) is 18.4 Å². The Kier molecular flexibility index (Phi) is 5.68. The topological polar surface area (TPSA) is 62.3 Å². The van der Waals surface area contributed by atoms with E-state index in [1.165, 1.54) is 10.4 Å². The third kappa shape index (κ3) is 3.80. The number of hydrogen-bond donors (Lipinski definition) is 0. The smallest absolute Gasteiger partial charge is 0.387 e. The highest BCUT2D eigenvalue weighted by Crippen LogP contribution is 2.46. The van der Waals surface area contributed by atoms with Gasteiger partial charge in [0.1, 0.15) is 11.9 Å². The molecule has 0 amide bonds. The number of anilines is 2. The summed E-state index contributed by atoms with van der Waals surface area (Å²) >= 11 is 0. The van der Waals surface area contributed by atoms with E-state index >= 15 is 0 Å². The number of alkyl halides is 2. The third-order valence-electron chi connectivity index (χ3n) is 6.28. The summed E-state index contributed by atoms with van der Waals surface area (Å²) in [5.74, 6) is 0.137. The van der Waals surface area contributed by atoms with Crippen molar-refractivity contribution in [2.75, 3.05) is 42.6 Å². The number of fused-ring (bicyclic) bond motifs is 3. The Labute approximate surface area is 186 Å². The monoisotopic (exact) mass is 465 g/mol. The second-order valence-electron chi connectivity index (χ2n) is 8.10. The second-order valence-corrected chi connectivity index (χ2v) is 10.0. The maximum absolute atomic E-state index is 13.2. The number of benzene rings is 2. The van der Waals surface area contributed by atoms with E-state index in [0.717, 1.165) is 30.8 Å². The van der Waals surface area contributed by atoms with Crippen LogP contribution in [0.5, 0.6) is 5.75 Å². The molecule has 0 bridgehead atoms. The van der Waals surface area contributed by atoms with Gasteiger partial charge in [0.2, 0.25) is 10.0 Å². The molecule has 7 nitrogen and oxygen atoms in total. The highest BCUT2D eigenvalue weighted by molar-refractivity contribution is 7.89. The number of rotatable bonds is 6. The van der Waals surface area contributed by atoms with Crippen molar-refractivity contribution < 1.29 is 26.7 Å². The minimum atomic E-state index is -3.64. The van der Waals surface area contributed by atoms with Gasteiger partial charge in [0.15, 0.2) is 0 Å². The van der Waals surface area contributed by atoms with Gasteiger partial charge in [-0.15, -0.1) is 0 Å². The Bertz CT molecular complexity index is 1090. The number of ether oxygens (including phenoxy) is 2. The molecule has 0 N–H and O–H groups in total. The van der Waals surface area contributed by atoms with E-state index in [4.69, 9.17) is 9.47 Å². The molecule has 3 aliphatic rings. The summed E-state index contributed by atoms with van der Waals surface area (Å²) in [7, 11) is -3.64. The number of sulfonamides is 1. The summed E-state index contributed by atoms with van der Waals surface area (Å²) in [6, 6.07) is 12.0.